The second kappa shape index (κ2) is 9.43. The van der Waals surface area contributed by atoms with Gasteiger partial charge in [-0.1, -0.05) is 11.3 Å². The maximum atomic E-state index is 12.0. The molecule has 0 saturated carbocycles. The number of aromatic nitrogens is 1. The Kier molecular flexibility index (Phi) is 7.27. The first-order chi connectivity index (χ1) is 12.0. The quantitative estimate of drug-likeness (QED) is 0.555. The molecule has 1 heterocycles. The van der Waals surface area contributed by atoms with E-state index in [4.69, 9.17) is 9.47 Å². The van der Waals surface area contributed by atoms with Crippen molar-refractivity contribution in [3.63, 3.8) is 0 Å². The van der Waals surface area contributed by atoms with Crippen molar-refractivity contribution in [3.8, 4) is 5.75 Å². The van der Waals surface area contributed by atoms with Crippen LogP contribution < -0.4 is 10.1 Å². The van der Waals surface area contributed by atoms with Crippen LogP contribution >= 0.6 is 23.1 Å². The monoisotopic (exact) mass is 380 g/mol. The van der Waals surface area contributed by atoms with Crippen LogP contribution in [-0.4, -0.2) is 36.3 Å². The SMILES string of the molecule is CCOC(=O)c1sc(NC(=O)CCSc2ccc(OC)cc2)nc1C. The Bertz CT molecular complexity index is 729. The lowest BCUT2D eigenvalue weighted by Gasteiger charge is -2.04. The molecule has 2 aromatic rings. The van der Waals surface area contributed by atoms with Gasteiger partial charge in [0.1, 0.15) is 10.6 Å². The number of hydrogen-bond donors (Lipinski definition) is 1. The van der Waals surface area contributed by atoms with Gasteiger partial charge in [-0.3, -0.25) is 4.79 Å². The Hall–Kier alpha value is -2.06. The highest BCUT2D eigenvalue weighted by Crippen LogP contribution is 2.25. The molecule has 1 aromatic carbocycles. The predicted octanol–water partition coefficient (Wildman–Crippen LogP) is 3.76. The van der Waals surface area contributed by atoms with E-state index in [0.717, 1.165) is 22.0 Å². The Morgan fingerprint density at radius 3 is 2.64 bits per heavy atom. The molecule has 1 aromatic heterocycles. The van der Waals surface area contributed by atoms with Crippen LogP contribution in [0.4, 0.5) is 5.13 Å². The topological polar surface area (TPSA) is 77.5 Å². The van der Waals surface area contributed by atoms with Gasteiger partial charge in [0.05, 0.1) is 19.4 Å². The number of nitrogens with one attached hydrogen (secondary N) is 1. The maximum Gasteiger partial charge on any atom is 0.350 e. The van der Waals surface area contributed by atoms with Crippen molar-refractivity contribution in [1.82, 2.24) is 4.98 Å². The summed E-state index contributed by atoms with van der Waals surface area (Å²) in [6.45, 7) is 3.77. The van der Waals surface area contributed by atoms with Crippen molar-refractivity contribution < 1.29 is 19.1 Å². The number of hydrogen-bond acceptors (Lipinski definition) is 7. The van der Waals surface area contributed by atoms with E-state index in [9.17, 15) is 9.59 Å². The van der Waals surface area contributed by atoms with Crippen molar-refractivity contribution in [2.45, 2.75) is 25.2 Å². The molecule has 0 atom stereocenters. The first-order valence-electron chi connectivity index (χ1n) is 7.74. The average Bonchev–Trinajstić information content (AvgIpc) is 2.96. The Labute approximate surface area is 154 Å². The third-order valence-electron chi connectivity index (χ3n) is 3.16. The van der Waals surface area contributed by atoms with Crippen LogP contribution in [0, 0.1) is 6.92 Å². The Morgan fingerprint density at radius 1 is 1.28 bits per heavy atom. The smallest absolute Gasteiger partial charge is 0.350 e. The van der Waals surface area contributed by atoms with Crippen LogP contribution in [0.5, 0.6) is 5.75 Å². The van der Waals surface area contributed by atoms with Gasteiger partial charge in [-0.25, -0.2) is 9.78 Å². The Morgan fingerprint density at radius 2 is 2.00 bits per heavy atom. The van der Waals surface area contributed by atoms with Crippen molar-refractivity contribution in [2.75, 3.05) is 24.8 Å². The van der Waals surface area contributed by atoms with Gasteiger partial charge in [0.2, 0.25) is 5.91 Å². The minimum Gasteiger partial charge on any atom is -0.497 e. The lowest BCUT2D eigenvalue weighted by atomic mass is 10.3. The molecule has 0 saturated heterocycles. The average molecular weight is 380 g/mol. The second-order valence-electron chi connectivity index (χ2n) is 4.98. The standard InChI is InChI=1S/C17H20N2O4S2/c1-4-23-16(21)15-11(2)18-17(25-15)19-14(20)9-10-24-13-7-5-12(22-3)6-8-13/h5-8H,4,9-10H2,1-3H3,(H,18,19,20). The molecule has 0 spiro atoms. The first kappa shape index (κ1) is 19.3. The predicted molar refractivity (Wildman–Crippen MR) is 99.8 cm³/mol. The molecule has 1 amide bonds. The number of rotatable bonds is 8. The molecule has 0 radical (unpaired) electrons. The lowest BCUT2D eigenvalue weighted by molar-refractivity contribution is -0.115. The van der Waals surface area contributed by atoms with Crippen molar-refractivity contribution in [3.05, 3.63) is 34.8 Å². The van der Waals surface area contributed by atoms with Crippen molar-refractivity contribution >= 4 is 40.1 Å². The van der Waals surface area contributed by atoms with Gasteiger partial charge in [-0.2, -0.15) is 0 Å². The number of thiazole rings is 1. The van der Waals surface area contributed by atoms with Crippen LogP contribution in [-0.2, 0) is 9.53 Å². The molecule has 0 fully saturated rings. The minimum absolute atomic E-state index is 0.134. The summed E-state index contributed by atoms with van der Waals surface area (Å²) in [7, 11) is 1.63. The molecule has 6 nitrogen and oxygen atoms in total. The molecular formula is C17H20N2O4S2. The highest BCUT2D eigenvalue weighted by Gasteiger charge is 2.17. The molecule has 134 valence electrons. The zero-order valence-corrected chi connectivity index (χ0v) is 16.0. The van der Waals surface area contributed by atoms with E-state index >= 15 is 0 Å². The van der Waals surface area contributed by atoms with Gasteiger partial charge in [0.15, 0.2) is 5.13 Å². The van der Waals surface area contributed by atoms with E-state index in [0.29, 0.717) is 34.5 Å². The van der Waals surface area contributed by atoms with Crippen molar-refractivity contribution in [1.29, 1.82) is 0 Å². The number of amides is 1. The lowest BCUT2D eigenvalue weighted by Crippen LogP contribution is -2.11. The molecule has 1 N–H and O–H groups in total. The van der Waals surface area contributed by atoms with Crippen molar-refractivity contribution in [2.24, 2.45) is 0 Å². The zero-order valence-electron chi connectivity index (χ0n) is 14.3. The van der Waals surface area contributed by atoms with E-state index in [2.05, 4.69) is 10.3 Å². The van der Waals surface area contributed by atoms with Crippen LogP contribution in [0.25, 0.3) is 0 Å². The number of nitrogens with zero attached hydrogens (tertiary/aromatic N) is 1. The fourth-order valence-corrected chi connectivity index (χ4v) is 3.68. The van der Waals surface area contributed by atoms with Crippen LogP contribution in [0.3, 0.4) is 0 Å². The molecule has 8 heteroatoms. The second-order valence-corrected chi connectivity index (χ2v) is 7.14. The van der Waals surface area contributed by atoms with Crippen LogP contribution in [0.15, 0.2) is 29.2 Å². The maximum absolute atomic E-state index is 12.0. The number of esters is 1. The fraction of sp³-hybridized carbons (Fsp3) is 0.353. The number of carbonyl (C=O) groups excluding carboxylic acids is 2. The third-order valence-corrected chi connectivity index (χ3v) is 5.23. The molecule has 2 rings (SSSR count). The molecule has 0 bridgehead atoms. The summed E-state index contributed by atoms with van der Waals surface area (Å²) in [5, 5.41) is 3.15. The molecule has 25 heavy (non-hydrogen) atoms. The molecule has 0 aliphatic carbocycles. The number of benzene rings is 1. The number of carbonyl (C=O) groups is 2. The van der Waals surface area contributed by atoms with Gasteiger partial charge in [0, 0.05) is 17.1 Å². The summed E-state index contributed by atoms with van der Waals surface area (Å²) >= 11 is 2.72. The third kappa shape index (κ3) is 5.75. The molecule has 0 aliphatic rings. The number of anilines is 1. The van der Waals surface area contributed by atoms with Gasteiger partial charge >= 0.3 is 5.97 Å². The number of aryl methyl sites for hydroxylation is 1. The summed E-state index contributed by atoms with van der Waals surface area (Å²) in [6.07, 6.45) is 0.351. The van der Waals surface area contributed by atoms with Gasteiger partial charge < -0.3 is 14.8 Å². The number of thioether (sulfide) groups is 1. The highest BCUT2D eigenvalue weighted by atomic mass is 32.2. The fourth-order valence-electron chi connectivity index (χ4n) is 1.95. The minimum atomic E-state index is -0.409. The zero-order chi connectivity index (χ0) is 18.2. The Balaban J connectivity index is 1.81. The largest absolute Gasteiger partial charge is 0.497 e. The van der Waals surface area contributed by atoms with E-state index in [1.165, 1.54) is 0 Å². The number of ether oxygens (including phenoxy) is 2. The molecular weight excluding hydrogens is 360 g/mol. The highest BCUT2D eigenvalue weighted by molar-refractivity contribution is 7.99. The molecule has 0 unspecified atom stereocenters. The molecule has 0 aliphatic heterocycles. The summed E-state index contributed by atoms with van der Waals surface area (Å²) in [5.41, 5.74) is 0.561. The summed E-state index contributed by atoms with van der Waals surface area (Å²) < 4.78 is 10.1. The summed E-state index contributed by atoms with van der Waals surface area (Å²) in [4.78, 5) is 29.5. The van der Waals surface area contributed by atoms with Crippen LogP contribution in [0.1, 0.15) is 28.7 Å². The summed E-state index contributed by atoms with van der Waals surface area (Å²) in [5.74, 6) is 0.907. The van der Waals surface area contributed by atoms with E-state index in [1.807, 2.05) is 24.3 Å². The van der Waals surface area contributed by atoms with E-state index in [-0.39, 0.29) is 5.91 Å². The van der Waals surface area contributed by atoms with Gasteiger partial charge in [0.25, 0.3) is 0 Å². The van der Waals surface area contributed by atoms with E-state index in [1.54, 1.807) is 32.7 Å². The summed E-state index contributed by atoms with van der Waals surface area (Å²) in [6, 6.07) is 7.68. The van der Waals surface area contributed by atoms with Crippen LogP contribution in [0.2, 0.25) is 0 Å². The normalized spacial score (nSPS) is 10.4. The van der Waals surface area contributed by atoms with Gasteiger partial charge in [-0.15, -0.1) is 11.8 Å². The van der Waals surface area contributed by atoms with E-state index < -0.39 is 5.97 Å². The first-order valence-corrected chi connectivity index (χ1v) is 9.55. The number of methoxy groups -OCH3 is 1. The van der Waals surface area contributed by atoms with Gasteiger partial charge in [-0.05, 0) is 38.1 Å².